The lowest BCUT2D eigenvalue weighted by Gasteiger charge is -2.10. The van der Waals surface area contributed by atoms with E-state index in [1.807, 2.05) is 24.3 Å². The molecule has 1 aromatic heterocycles. The van der Waals surface area contributed by atoms with E-state index in [9.17, 15) is 9.59 Å². The number of hydrogen-bond acceptors (Lipinski definition) is 3. The zero-order valence-electron chi connectivity index (χ0n) is 12.3. The number of anilines is 1. The van der Waals surface area contributed by atoms with Gasteiger partial charge in [-0.15, -0.1) is 0 Å². The molecule has 0 bridgehead atoms. The molecule has 1 fully saturated rings. The van der Waals surface area contributed by atoms with Crippen molar-refractivity contribution in [2.24, 2.45) is 5.92 Å². The molecule has 0 spiro atoms. The number of hydrogen-bond donors (Lipinski definition) is 2. The number of aromatic nitrogens is 2. The van der Waals surface area contributed by atoms with E-state index in [1.54, 1.807) is 6.07 Å². The minimum absolute atomic E-state index is 0.0680. The smallest absolute Gasteiger partial charge is 0.264 e. The largest absolute Gasteiger partial charge is 0.326 e. The van der Waals surface area contributed by atoms with Crippen LogP contribution in [0.3, 0.4) is 0 Å². The molecule has 0 aliphatic heterocycles. The van der Waals surface area contributed by atoms with E-state index in [4.69, 9.17) is 0 Å². The molecular formula is C17H19N3O2. The Labute approximate surface area is 128 Å². The molecule has 0 unspecified atom stereocenters. The summed E-state index contributed by atoms with van der Waals surface area (Å²) in [6.45, 7) is 0. The fraction of sp³-hybridized carbons (Fsp3) is 0.353. The third-order valence-electron chi connectivity index (χ3n) is 4.07. The van der Waals surface area contributed by atoms with Gasteiger partial charge in [0.05, 0.1) is 5.69 Å². The Balaban J connectivity index is 1.69. The zero-order chi connectivity index (χ0) is 15.4. The van der Waals surface area contributed by atoms with Gasteiger partial charge in [-0.2, -0.15) is 5.10 Å². The van der Waals surface area contributed by atoms with Crippen molar-refractivity contribution in [2.75, 3.05) is 5.32 Å². The Kier molecular flexibility index (Phi) is 4.32. The Morgan fingerprint density at radius 1 is 1.23 bits per heavy atom. The molecule has 0 atom stereocenters. The number of nitrogens with one attached hydrogen (secondary N) is 2. The number of aromatic amines is 1. The molecule has 22 heavy (non-hydrogen) atoms. The second-order valence-corrected chi connectivity index (χ2v) is 5.79. The van der Waals surface area contributed by atoms with Crippen LogP contribution in [0.15, 0.2) is 41.2 Å². The first-order valence-electron chi connectivity index (χ1n) is 7.67. The molecular weight excluding hydrogens is 278 g/mol. The summed E-state index contributed by atoms with van der Waals surface area (Å²) in [4.78, 5) is 23.1. The molecule has 2 N–H and O–H groups in total. The molecule has 1 aliphatic rings. The van der Waals surface area contributed by atoms with Crippen molar-refractivity contribution in [1.29, 1.82) is 0 Å². The van der Waals surface area contributed by atoms with Crippen LogP contribution in [0.2, 0.25) is 0 Å². The number of carbonyl (C=O) groups is 1. The molecule has 2 aromatic rings. The second-order valence-electron chi connectivity index (χ2n) is 5.79. The lowest BCUT2D eigenvalue weighted by Crippen LogP contribution is -2.15. The van der Waals surface area contributed by atoms with Crippen LogP contribution in [0.1, 0.15) is 32.1 Å². The van der Waals surface area contributed by atoms with Crippen LogP contribution in [-0.2, 0) is 4.79 Å². The van der Waals surface area contributed by atoms with E-state index in [2.05, 4.69) is 15.5 Å². The highest BCUT2D eigenvalue weighted by Crippen LogP contribution is 2.28. The number of rotatable bonds is 4. The molecule has 3 rings (SSSR count). The van der Waals surface area contributed by atoms with E-state index in [-0.39, 0.29) is 11.5 Å². The van der Waals surface area contributed by atoms with Crippen LogP contribution < -0.4 is 10.9 Å². The van der Waals surface area contributed by atoms with Gasteiger partial charge in [0.25, 0.3) is 5.56 Å². The molecule has 5 nitrogen and oxygen atoms in total. The number of nitrogens with zero attached hydrogens (tertiary/aromatic N) is 1. The average Bonchev–Trinajstić information content (AvgIpc) is 3.01. The molecule has 1 heterocycles. The third-order valence-corrected chi connectivity index (χ3v) is 4.07. The van der Waals surface area contributed by atoms with Gasteiger partial charge in [0, 0.05) is 23.7 Å². The summed E-state index contributed by atoms with van der Waals surface area (Å²) >= 11 is 0. The molecule has 0 radical (unpaired) electrons. The van der Waals surface area contributed by atoms with Crippen LogP contribution in [0.25, 0.3) is 11.3 Å². The summed E-state index contributed by atoms with van der Waals surface area (Å²) in [5.74, 6) is 0.600. The van der Waals surface area contributed by atoms with E-state index < -0.39 is 0 Å². The van der Waals surface area contributed by atoms with Crippen molar-refractivity contribution in [3.8, 4) is 11.3 Å². The van der Waals surface area contributed by atoms with Crippen LogP contribution >= 0.6 is 0 Å². The minimum Gasteiger partial charge on any atom is -0.326 e. The fourth-order valence-corrected chi connectivity index (χ4v) is 2.95. The van der Waals surface area contributed by atoms with E-state index in [1.165, 1.54) is 18.9 Å². The summed E-state index contributed by atoms with van der Waals surface area (Å²) in [5.41, 5.74) is 2.06. The first kappa shape index (κ1) is 14.5. The van der Waals surface area contributed by atoms with Crippen molar-refractivity contribution in [2.45, 2.75) is 32.1 Å². The third kappa shape index (κ3) is 3.61. The first-order chi connectivity index (χ1) is 10.7. The molecule has 1 aliphatic carbocycles. The normalized spacial score (nSPS) is 14.9. The lowest BCUT2D eigenvalue weighted by molar-refractivity contribution is -0.117. The maximum Gasteiger partial charge on any atom is 0.264 e. The standard InChI is InChI=1S/C17H19N3O2/c21-16-9-8-15(19-20-16)13-6-3-7-14(11-13)18-17(22)10-12-4-1-2-5-12/h3,6-9,11-12H,1-2,4-5,10H2,(H,18,22)(H,20,21). The van der Waals surface area contributed by atoms with Gasteiger partial charge in [0.1, 0.15) is 0 Å². The Morgan fingerprint density at radius 2 is 2.05 bits per heavy atom. The maximum atomic E-state index is 12.1. The Bertz CT molecular complexity index is 697. The van der Waals surface area contributed by atoms with Gasteiger partial charge in [-0.05, 0) is 37.0 Å². The molecule has 0 saturated heterocycles. The van der Waals surface area contributed by atoms with Crippen molar-refractivity contribution in [3.63, 3.8) is 0 Å². The van der Waals surface area contributed by atoms with Gasteiger partial charge >= 0.3 is 0 Å². The monoisotopic (exact) mass is 297 g/mol. The highest BCUT2D eigenvalue weighted by Gasteiger charge is 2.18. The van der Waals surface area contributed by atoms with Gasteiger partial charge < -0.3 is 5.32 Å². The highest BCUT2D eigenvalue weighted by molar-refractivity contribution is 5.91. The minimum atomic E-state index is -0.232. The topological polar surface area (TPSA) is 74.8 Å². The quantitative estimate of drug-likeness (QED) is 0.911. The number of amides is 1. The number of carbonyl (C=O) groups excluding carboxylic acids is 1. The van der Waals surface area contributed by atoms with Crippen molar-refractivity contribution >= 4 is 11.6 Å². The van der Waals surface area contributed by atoms with Crippen LogP contribution in [-0.4, -0.2) is 16.1 Å². The number of H-pyrrole nitrogens is 1. The second kappa shape index (κ2) is 6.56. The van der Waals surface area contributed by atoms with E-state index in [0.29, 0.717) is 18.0 Å². The van der Waals surface area contributed by atoms with Gasteiger partial charge in [0.2, 0.25) is 5.91 Å². The van der Waals surface area contributed by atoms with E-state index in [0.717, 1.165) is 24.1 Å². The summed E-state index contributed by atoms with van der Waals surface area (Å²) in [6, 6.07) is 10.6. The van der Waals surface area contributed by atoms with Crippen molar-refractivity contribution < 1.29 is 4.79 Å². The SMILES string of the molecule is O=C(CC1CCCC1)Nc1cccc(-c2ccc(=O)[nH]n2)c1. The zero-order valence-corrected chi connectivity index (χ0v) is 12.3. The van der Waals surface area contributed by atoms with Crippen molar-refractivity contribution in [3.05, 3.63) is 46.8 Å². The Hall–Kier alpha value is -2.43. The highest BCUT2D eigenvalue weighted by atomic mass is 16.1. The predicted octanol–water partition coefficient (Wildman–Crippen LogP) is 2.96. The Morgan fingerprint density at radius 3 is 2.77 bits per heavy atom. The van der Waals surface area contributed by atoms with Gasteiger partial charge in [-0.25, -0.2) is 5.10 Å². The number of benzene rings is 1. The van der Waals surface area contributed by atoms with E-state index >= 15 is 0 Å². The first-order valence-corrected chi connectivity index (χ1v) is 7.67. The van der Waals surface area contributed by atoms with Gasteiger partial charge in [-0.3, -0.25) is 9.59 Å². The molecule has 114 valence electrons. The predicted molar refractivity (Wildman–Crippen MR) is 85.5 cm³/mol. The molecule has 5 heteroatoms. The molecule has 1 saturated carbocycles. The van der Waals surface area contributed by atoms with Gasteiger partial charge in [0.15, 0.2) is 0 Å². The summed E-state index contributed by atoms with van der Waals surface area (Å²) in [6.07, 6.45) is 5.40. The summed E-state index contributed by atoms with van der Waals surface area (Å²) in [7, 11) is 0. The van der Waals surface area contributed by atoms with Gasteiger partial charge in [-0.1, -0.05) is 25.0 Å². The van der Waals surface area contributed by atoms with Crippen LogP contribution in [0.5, 0.6) is 0 Å². The average molecular weight is 297 g/mol. The van der Waals surface area contributed by atoms with Crippen LogP contribution in [0, 0.1) is 5.92 Å². The molecule has 1 aromatic carbocycles. The lowest BCUT2D eigenvalue weighted by atomic mass is 10.0. The maximum absolute atomic E-state index is 12.1. The molecule has 1 amide bonds. The summed E-state index contributed by atoms with van der Waals surface area (Å²) in [5, 5.41) is 9.37. The van der Waals surface area contributed by atoms with Crippen LogP contribution in [0.4, 0.5) is 5.69 Å². The fourth-order valence-electron chi connectivity index (χ4n) is 2.95. The summed E-state index contributed by atoms with van der Waals surface area (Å²) < 4.78 is 0. The van der Waals surface area contributed by atoms with Crippen molar-refractivity contribution in [1.82, 2.24) is 10.2 Å².